The zero-order chi connectivity index (χ0) is 24.5. The van der Waals surface area contributed by atoms with Crippen molar-refractivity contribution >= 4 is 27.3 Å². The molecule has 0 atom stereocenters. The molecule has 0 aliphatic carbocycles. The highest BCUT2D eigenvalue weighted by atomic mass is 32.2. The molecule has 15 heteroatoms. The lowest BCUT2D eigenvalue weighted by Crippen LogP contribution is -3.15. The third kappa shape index (κ3) is 4.79. The Bertz CT molecular complexity index is 1190. The van der Waals surface area contributed by atoms with Crippen molar-refractivity contribution in [1.29, 1.82) is 0 Å². The van der Waals surface area contributed by atoms with E-state index in [0.717, 1.165) is 16.4 Å². The number of benzene rings is 2. The number of nitrogens with zero attached hydrogens (tertiary/aromatic N) is 2. The minimum absolute atomic E-state index is 0.0460. The Morgan fingerprint density at radius 2 is 1.52 bits per heavy atom. The van der Waals surface area contributed by atoms with Gasteiger partial charge in [-0.3, -0.25) is 14.9 Å². The maximum absolute atomic E-state index is 13.7. The fraction of sp³-hybridized carbons (Fsp3) is 0.278. The zero-order valence-electron chi connectivity index (χ0n) is 16.6. The number of piperazine rings is 1. The van der Waals surface area contributed by atoms with Crippen LogP contribution in [0.3, 0.4) is 0 Å². The average molecular weight is 495 g/mol. The molecule has 0 radical (unpaired) electrons. The largest absolute Gasteiger partial charge is 0.325 e. The number of nitrogens with one attached hydrogen (secondary N) is 2. The molecule has 2 aromatic rings. The van der Waals surface area contributed by atoms with E-state index in [9.17, 15) is 45.3 Å². The zero-order valence-corrected chi connectivity index (χ0v) is 17.4. The van der Waals surface area contributed by atoms with Gasteiger partial charge in [-0.25, -0.2) is 30.4 Å². The van der Waals surface area contributed by atoms with Crippen LogP contribution in [0.25, 0.3) is 0 Å². The molecule has 1 heterocycles. The third-order valence-electron chi connectivity index (χ3n) is 4.99. The van der Waals surface area contributed by atoms with Gasteiger partial charge in [0.2, 0.25) is 15.8 Å². The van der Waals surface area contributed by atoms with Crippen LogP contribution in [0.4, 0.5) is 33.3 Å². The van der Waals surface area contributed by atoms with E-state index in [2.05, 4.69) is 0 Å². The SMILES string of the molecule is O=C(C[NH+]1CCN(S(=O)(=O)c2ccccc2[N+](=O)[O-])CC1)Nc1c(F)c(F)c(F)c(F)c1F. The Balaban J connectivity index is 1.66. The number of sulfonamides is 1. The molecule has 1 saturated heterocycles. The first-order chi connectivity index (χ1) is 15.4. The summed E-state index contributed by atoms with van der Waals surface area (Å²) in [5, 5.41) is 12.8. The van der Waals surface area contributed by atoms with Gasteiger partial charge in [0.25, 0.3) is 11.6 Å². The molecule has 9 nitrogen and oxygen atoms in total. The standard InChI is InChI=1S/C18H15F5N4O5S/c19-13-14(20)16(22)18(17(23)15(13)21)24-12(28)9-25-5-7-26(8-6-25)33(31,32)11-4-2-1-3-10(11)27(29)30/h1-4H,5-9H2,(H,24,28)/p+1. The first-order valence-electron chi connectivity index (χ1n) is 9.33. The number of nitro groups is 1. The average Bonchev–Trinajstić information content (AvgIpc) is 2.79. The predicted octanol–water partition coefficient (Wildman–Crippen LogP) is 0.818. The summed E-state index contributed by atoms with van der Waals surface area (Å²) in [6.07, 6.45) is 0. The molecule has 1 aliphatic heterocycles. The molecular weight excluding hydrogens is 479 g/mol. The number of para-hydroxylation sites is 1. The van der Waals surface area contributed by atoms with Gasteiger partial charge in [0, 0.05) is 6.07 Å². The third-order valence-corrected chi connectivity index (χ3v) is 6.94. The van der Waals surface area contributed by atoms with Crippen LogP contribution in [0.1, 0.15) is 0 Å². The number of anilines is 1. The van der Waals surface area contributed by atoms with E-state index in [4.69, 9.17) is 0 Å². The number of hydrogen-bond acceptors (Lipinski definition) is 5. The summed E-state index contributed by atoms with van der Waals surface area (Å²) in [5.41, 5.74) is -2.07. The van der Waals surface area contributed by atoms with Crippen molar-refractivity contribution in [1.82, 2.24) is 4.31 Å². The molecule has 2 N–H and O–H groups in total. The van der Waals surface area contributed by atoms with Gasteiger partial charge in [-0.1, -0.05) is 12.1 Å². The van der Waals surface area contributed by atoms with Crippen molar-refractivity contribution < 1.29 is 45.0 Å². The minimum Gasteiger partial charge on any atom is -0.325 e. The van der Waals surface area contributed by atoms with Crippen LogP contribution in [0.15, 0.2) is 29.2 Å². The Labute approximate surface area is 183 Å². The summed E-state index contributed by atoms with van der Waals surface area (Å²) in [7, 11) is -4.20. The summed E-state index contributed by atoms with van der Waals surface area (Å²) < 4.78 is 93.6. The molecule has 3 rings (SSSR count). The van der Waals surface area contributed by atoms with Crippen LogP contribution in [0.5, 0.6) is 0 Å². The van der Waals surface area contributed by atoms with Gasteiger partial charge in [-0.05, 0) is 6.07 Å². The van der Waals surface area contributed by atoms with Gasteiger partial charge in [0.05, 0.1) is 31.1 Å². The first kappa shape index (κ1) is 24.5. The highest BCUT2D eigenvalue weighted by Crippen LogP contribution is 2.27. The lowest BCUT2D eigenvalue weighted by molar-refractivity contribution is -0.895. The molecule has 0 bridgehead atoms. The molecule has 33 heavy (non-hydrogen) atoms. The van der Waals surface area contributed by atoms with Gasteiger partial charge < -0.3 is 10.2 Å². The van der Waals surface area contributed by atoms with Crippen molar-refractivity contribution in [3.63, 3.8) is 0 Å². The van der Waals surface area contributed by atoms with Gasteiger partial charge in [0.1, 0.15) is 5.69 Å². The fourth-order valence-electron chi connectivity index (χ4n) is 3.31. The summed E-state index contributed by atoms with van der Waals surface area (Å²) in [4.78, 5) is 22.4. The molecule has 0 unspecified atom stereocenters. The summed E-state index contributed by atoms with van der Waals surface area (Å²) in [6, 6.07) is 4.82. The maximum atomic E-state index is 13.7. The summed E-state index contributed by atoms with van der Waals surface area (Å²) >= 11 is 0. The maximum Gasteiger partial charge on any atom is 0.289 e. The van der Waals surface area contributed by atoms with Crippen LogP contribution >= 0.6 is 0 Å². The Hall–Kier alpha value is -3.17. The molecule has 0 aromatic heterocycles. The van der Waals surface area contributed by atoms with E-state index < -0.39 is 72.8 Å². The van der Waals surface area contributed by atoms with E-state index in [-0.39, 0.29) is 26.2 Å². The number of quaternary nitrogens is 1. The molecule has 1 amide bonds. The van der Waals surface area contributed by atoms with E-state index in [1.807, 2.05) is 0 Å². The molecule has 1 aliphatic rings. The van der Waals surface area contributed by atoms with E-state index in [1.165, 1.54) is 12.1 Å². The van der Waals surface area contributed by atoms with E-state index in [0.29, 0.717) is 4.90 Å². The highest BCUT2D eigenvalue weighted by molar-refractivity contribution is 7.89. The molecule has 0 spiro atoms. The van der Waals surface area contributed by atoms with Crippen LogP contribution < -0.4 is 10.2 Å². The normalized spacial score (nSPS) is 15.4. The number of amides is 1. The van der Waals surface area contributed by atoms with Crippen molar-refractivity contribution in [2.24, 2.45) is 0 Å². The van der Waals surface area contributed by atoms with Crippen molar-refractivity contribution in [2.75, 3.05) is 38.0 Å². The van der Waals surface area contributed by atoms with Gasteiger partial charge >= 0.3 is 0 Å². The smallest absolute Gasteiger partial charge is 0.289 e. The summed E-state index contributed by atoms with van der Waals surface area (Å²) in [5.74, 6) is -12.2. The Morgan fingerprint density at radius 3 is 2.06 bits per heavy atom. The predicted molar refractivity (Wildman–Crippen MR) is 102 cm³/mol. The second kappa shape index (κ2) is 9.36. The van der Waals surface area contributed by atoms with Crippen LogP contribution in [-0.4, -0.2) is 56.3 Å². The Morgan fingerprint density at radius 1 is 1.00 bits per heavy atom. The molecule has 178 valence electrons. The monoisotopic (exact) mass is 495 g/mol. The highest BCUT2D eigenvalue weighted by Gasteiger charge is 2.35. The number of nitro benzene ring substituents is 1. The minimum atomic E-state index is -4.20. The first-order valence-corrected chi connectivity index (χ1v) is 10.8. The van der Waals surface area contributed by atoms with Gasteiger partial charge in [-0.15, -0.1) is 0 Å². The quantitative estimate of drug-likeness (QED) is 0.203. The Kier molecular flexibility index (Phi) is 6.94. The number of halogens is 5. The number of carbonyl (C=O) groups excluding carboxylic acids is 1. The number of carbonyl (C=O) groups is 1. The van der Waals surface area contributed by atoms with Crippen LogP contribution in [-0.2, 0) is 14.8 Å². The summed E-state index contributed by atoms with van der Waals surface area (Å²) in [6.45, 7) is -0.604. The van der Waals surface area contributed by atoms with Crippen LogP contribution in [0.2, 0.25) is 0 Å². The number of hydrogen-bond donors (Lipinski definition) is 2. The van der Waals surface area contributed by atoms with Crippen LogP contribution in [0, 0.1) is 39.2 Å². The van der Waals surface area contributed by atoms with Crippen molar-refractivity contribution in [3.05, 3.63) is 63.5 Å². The molecule has 1 fully saturated rings. The second-order valence-electron chi connectivity index (χ2n) is 7.05. The lowest BCUT2D eigenvalue weighted by Gasteiger charge is -2.31. The second-order valence-corrected chi connectivity index (χ2v) is 8.96. The van der Waals surface area contributed by atoms with Gasteiger partial charge in [0.15, 0.2) is 34.7 Å². The topological polar surface area (TPSA) is 114 Å². The molecule has 2 aromatic carbocycles. The molecule has 0 saturated carbocycles. The van der Waals surface area contributed by atoms with Crippen molar-refractivity contribution in [3.8, 4) is 0 Å². The fourth-order valence-corrected chi connectivity index (χ4v) is 4.91. The lowest BCUT2D eigenvalue weighted by atomic mass is 10.2. The number of rotatable bonds is 6. The van der Waals surface area contributed by atoms with E-state index >= 15 is 0 Å². The van der Waals surface area contributed by atoms with E-state index in [1.54, 1.807) is 5.32 Å². The molecular formula is C18H16F5N4O5S+. The van der Waals surface area contributed by atoms with Crippen molar-refractivity contribution in [2.45, 2.75) is 4.90 Å². The van der Waals surface area contributed by atoms with Gasteiger partial charge in [-0.2, -0.15) is 4.31 Å².